The van der Waals surface area contributed by atoms with E-state index in [1.165, 1.54) is 25.7 Å². The predicted octanol–water partition coefficient (Wildman–Crippen LogP) is 3.42. The molecule has 102 valence electrons. The molecule has 0 saturated heterocycles. The third kappa shape index (κ3) is 2.58. The maximum Gasteiger partial charge on any atom is 0.233 e. The van der Waals surface area contributed by atoms with E-state index in [0.717, 1.165) is 18.2 Å². The van der Waals surface area contributed by atoms with Crippen LogP contribution in [-0.2, 0) is 0 Å². The predicted molar refractivity (Wildman–Crippen MR) is 71.4 cm³/mol. The van der Waals surface area contributed by atoms with E-state index in [2.05, 4.69) is 36.3 Å². The van der Waals surface area contributed by atoms with Gasteiger partial charge < -0.3 is 9.73 Å². The SMILES string of the molecule is CCC(NC)c1nnc(C2CCCCC2(C)C)o1. The summed E-state index contributed by atoms with van der Waals surface area (Å²) in [5.74, 6) is 1.99. The molecule has 1 aliphatic rings. The molecule has 1 aromatic rings. The minimum Gasteiger partial charge on any atom is -0.423 e. The molecule has 2 unspecified atom stereocenters. The number of nitrogens with one attached hydrogen (secondary N) is 1. The Labute approximate surface area is 110 Å². The lowest BCUT2D eigenvalue weighted by molar-refractivity contribution is 0.170. The second kappa shape index (κ2) is 5.39. The van der Waals surface area contributed by atoms with Gasteiger partial charge in [0, 0.05) is 5.92 Å². The van der Waals surface area contributed by atoms with Gasteiger partial charge in [-0.1, -0.05) is 33.6 Å². The highest BCUT2D eigenvalue weighted by Gasteiger charge is 2.37. The lowest BCUT2D eigenvalue weighted by Gasteiger charge is -2.36. The maximum atomic E-state index is 5.92. The van der Waals surface area contributed by atoms with Crippen molar-refractivity contribution in [2.75, 3.05) is 7.05 Å². The fraction of sp³-hybridized carbons (Fsp3) is 0.857. The van der Waals surface area contributed by atoms with Crippen molar-refractivity contribution < 1.29 is 4.42 Å². The first-order chi connectivity index (χ1) is 8.58. The monoisotopic (exact) mass is 251 g/mol. The van der Waals surface area contributed by atoms with Crippen molar-refractivity contribution in [3.63, 3.8) is 0 Å². The molecule has 0 amide bonds. The third-order valence-corrected chi connectivity index (χ3v) is 4.32. The first-order valence-corrected chi connectivity index (χ1v) is 7.09. The van der Waals surface area contributed by atoms with Crippen LogP contribution in [0.3, 0.4) is 0 Å². The van der Waals surface area contributed by atoms with Crippen molar-refractivity contribution in [3.05, 3.63) is 11.8 Å². The van der Waals surface area contributed by atoms with Gasteiger partial charge in [0.1, 0.15) is 0 Å². The van der Waals surface area contributed by atoms with Crippen LogP contribution in [0.25, 0.3) is 0 Å². The van der Waals surface area contributed by atoms with Gasteiger partial charge in [-0.2, -0.15) is 0 Å². The molecular formula is C14H25N3O. The van der Waals surface area contributed by atoms with Crippen LogP contribution in [0.2, 0.25) is 0 Å². The van der Waals surface area contributed by atoms with E-state index >= 15 is 0 Å². The molecule has 1 saturated carbocycles. The highest BCUT2D eigenvalue weighted by Crippen LogP contribution is 2.46. The molecule has 0 radical (unpaired) electrons. The highest BCUT2D eigenvalue weighted by atomic mass is 16.4. The Morgan fingerprint density at radius 1 is 1.39 bits per heavy atom. The van der Waals surface area contributed by atoms with Crippen LogP contribution in [0, 0.1) is 5.41 Å². The van der Waals surface area contributed by atoms with E-state index in [9.17, 15) is 0 Å². The molecule has 1 fully saturated rings. The third-order valence-electron chi connectivity index (χ3n) is 4.32. The van der Waals surface area contributed by atoms with Crippen molar-refractivity contribution in [2.24, 2.45) is 5.41 Å². The van der Waals surface area contributed by atoms with E-state index in [0.29, 0.717) is 5.92 Å². The summed E-state index contributed by atoms with van der Waals surface area (Å²) in [7, 11) is 1.93. The van der Waals surface area contributed by atoms with Gasteiger partial charge in [0.25, 0.3) is 0 Å². The second-order valence-corrected chi connectivity index (χ2v) is 6.01. The summed E-state index contributed by atoms with van der Waals surface area (Å²) in [4.78, 5) is 0. The molecule has 18 heavy (non-hydrogen) atoms. The molecule has 0 aliphatic heterocycles. The molecule has 1 aliphatic carbocycles. The minimum atomic E-state index is 0.179. The van der Waals surface area contributed by atoms with Crippen LogP contribution in [0.1, 0.15) is 76.6 Å². The average molecular weight is 251 g/mol. The number of rotatable bonds is 4. The zero-order chi connectivity index (χ0) is 13.2. The molecule has 4 heteroatoms. The summed E-state index contributed by atoms with van der Waals surface area (Å²) < 4.78 is 5.92. The van der Waals surface area contributed by atoms with Gasteiger partial charge in [-0.25, -0.2) is 0 Å². The van der Waals surface area contributed by atoms with E-state index in [-0.39, 0.29) is 11.5 Å². The van der Waals surface area contributed by atoms with E-state index in [1.807, 2.05) is 7.05 Å². The van der Waals surface area contributed by atoms with E-state index < -0.39 is 0 Å². The van der Waals surface area contributed by atoms with E-state index in [1.54, 1.807) is 0 Å². The van der Waals surface area contributed by atoms with Gasteiger partial charge in [0.2, 0.25) is 11.8 Å². The highest BCUT2D eigenvalue weighted by molar-refractivity contribution is 5.02. The lowest BCUT2D eigenvalue weighted by Crippen LogP contribution is -2.26. The fourth-order valence-corrected chi connectivity index (χ4v) is 2.98. The maximum absolute atomic E-state index is 5.92. The molecule has 2 rings (SSSR count). The standard InChI is InChI=1S/C14H25N3O/c1-5-11(15-4)13-17-16-12(18-13)10-8-6-7-9-14(10,2)3/h10-11,15H,5-9H2,1-4H3. The van der Waals surface area contributed by atoms with Crippen LogP contribution in [0.4, 0.5) is 0 Å². The van der Waals surface area contributed by atoms with Crippen molar-refractivity contribution in [1.29, 1.82) is 0 Å². The first-order valence-electron chi connectivity index (χ1n) is 7.09. The summed E-state index contributed by atoms with van der Waals surface area (Å²) in [6.45, 7) is 6.75. The Kier molecular flexibility index (Phi) is 4.05. The van der Waals surface area contributed by atoms with Gasteiger partial charge >= 0.3 is 0 Å². The summed E-state index contributed by atoms with van der Waals surface area (Å²) in [5, 5.41) is 11.7. The summed E-state index contributed by atoms with van der Waals surface area (Å²) >= 11 is 0. The average Bonchev–Trinajstić information content (AvgIpc) is 2.79. The Bertz CT molecular complexity index is 382. The molecule has 4 nitrogen and oxygen atoms in total. The second-order valence-electron chi connectivity index (χ2n) is 6.01. The molecular weight excluding hydrogens is 226 g/mol. The van der Waals surface area contributed by atoms with Gasteiger partial charge in [0.15, 0.2) is 0 Å². The molecule has 1 aromatic heterocycles. The van der Waals surface area contributed by atoms with Crippen molar-refractivity contribution in [3.8, 4) is 0 Å². The van der Waals surface area contributed by atoms with Crippen LogP contribution in [0.5, 0.6) is 0 Å². The smallest absolute Gasteiger partial charge is 0.233 e. The van der Waals surface area contributed by atoms with Crippen LogP contribution < -0.4 is 5.32 Å². The number of hydrogen-bond acceptors (Lipinski definition) is 4. The Morgan fingerprint density at radius 3 is 2.78 bits per heavy atom. The quantitative estimate of drug-likeness (QED) is 0.890. The molecule has 0 spiro atoms. The molecule has 1 heterocycles. The van der Waals surface area contributed by atoms with Crippen LogP contribution in [0.15, 0.2) is 4.42 Å². The zero-order valence-corrected chi connectivity index (χ0v) is 12.0. The Morgan fingerprint density at radius 2 is 2.17 bits per heavy atom. The van der Waals surface area contributed by atoms with Crippen molar-refractivity contribution in [1.82, 2.24) is 15.5 Å². The van der Waals surface area contributed by atoms with Crippen molar-refractivity contribution >= 4 is 0 Å². The molecule has 0 aromatic carbocycles. The lowest BCUT2D eigenvalue weighted by atomic mass is 9.69. The number of hydrogen-bond donors (Lipinski definition) is 1. The largest absolute Gasteiger partial charge is 0.423 e. The van der Waals surface area contributed by atoms with Crippen LogP contribution >= 0.6 is 0 Å². The van der Waals surface area contributed by atoms with Crippen molar-refractivity contribution in [2.45, 2.75) is 64.8 Å². The van der Waals surface area contributed by atoms with Gasteiger partial charge in [0.05, 0.1) is 6.04 Å². The Balaban J connectivity index is 2.18. The Hall–Kier alpha value is -0.900. The normalized spacial score (nSPS) is 25.0. The number of aromatic nitrogens is 2. The zero-order valence-electron chi connectivity index (χ0n) is 12.0. The first kappa shape index (κ1) is 13.5. The topological polar surface area (TPSA) is 51.0 Å². The van der Waals surface area contributed by atoms with Gasteiger partial charge in [-0.15, -0.1) is 10.2 Å². The summed E-state index contributed by atoms with van der Waals surface area (Å²) in [6.07, 6.45) is 5.98. The molecule has 2 atom stereocenters. The molecule has 1 N–H and O–H groups in total. The van der Waals surface area contributed by atoms with Gasteiger partial charge in [-0.05, 0) is 31.7 Å². The van der Waals surface area contributed by atoms with Crippen LogP contribution in [-0.4, -0.2) is 17.2 Å². The minimum absolute atomic E-state index is 0.179. The summed E-state index contributed by atoms with van der Waals surface area (Å²) in [6, 6.07) is 0.179. The number of nitrogens with zero attached hydrogens (tertiary/aromatic N) is 2. The summed E-state index contributed by atoms with van der Waals surface area (Å²) in [5.41, 5.74) is 0.281. The van der Waals surface area contributed by atoms with Gasteiger partial charge in [-0.3, -0.25) is 0 Å². The fourth-order valence-electron chi connectivity index (χ4n) is 2.98. The van der Waals surface area contributed by atoms with E-state index in [4.69, 9.17) is 4.42 Å². The molecule has 0 bridgehead atoms.